The summed E-state index contributed by atoms with van der Waals surface area (Å²) in [7, 11) is 0. The van der Waals surface area contributed by atoms with Gasteiger partial charge in [0.05, 0.1) is 19.3 Å². The Morgan fingerprint density at radius 1 is 0.957 bits per heavy atom. The maximum atomic E-state index is 12.5. The number of hydrogen-bond acceptors (Lipinski definition) is 4. The summed E-state index contributed by atoms with van der Waals surface area (Å²) < 4.78 is 10.8. The number of ether oxygens (including phenoxy) is 2. The number of nitrogens with zero attached hydrogens (tertiary/aromatic N) is 1. The molecule has 1 saturated carbocycles. The van der Waals surface area contributed by atoms with Gasteiger partial charge in [0.15, 0.2) is 0 Å². The van der Waals surface area contributed by atoms with Crippen molar-refractivity contribution in [3.63, 3.8) is 0 Å². The molecule has 3 rings (SSSR count). The van der Waals surface area contributed by atoms with Crippen molar-refractivity contribution in [2.45, 2.75) is 44.6 Å². The quantitative estimate of drug-likeness (QED) is 0.836. The maximum Gasteiger partial charge on any atom is 0.225 e. The Bertz CT molecular complexity index is 409. The summed E-state index contributed by atoms with van der Waals surface area (Å²) in [6.45, 7) is 4.15. The van der Waals surface area contributed by atoms with Crippen molar-refractivity contribution in [2.24, 2.45) is 11.8 Å². The zero-order valence-corrected chi connectivity index (χ0v) is 13.8. The topological polar surface area (TPSA) is 67.9 Å². The van der Waals surface area contributed by atoms with Crippen LogP contribution in [0.5, 0.6) is 0 Å². The summed E-state index contributed by atoms with van der Waals surface area (Å²) in [6.07, 6.45) is 5.62. The predicted molar refractivity (Wildman–Crippen MR) is 84.8 cm³/mol. The summed E-state index contributed by atoms with van der Waals surface area (Å²) in [6, 6.07) is 0. The van der Waals surface area contributed by atoms with Gasteiger partial charge in [0, 0.05) is 38.1 Å². The second-order valence-corrected chi connectivity index (χ2v) is 6.87. The molecule has 6 heteroatoms. The first kappa shape index (κ1) is 16.7. The molecule has 0 bridgehead atoms. The average molecular weight is 324 g/mol. The van der Waals surface area contributed by atoms with Crippen LogP contribution in [0.15, 0.2) is 0 Å². The second kappa shape index (κ2) is 8.11. The molecule has 0 aromatic heterocycles. The van der Waals surface area contributed by atoms with E-state index in [1.165, 1.54) is 0 Å². The van der Waals surface area contributed by atoms with Gasteiger partial charge in [0.2, 0.25) is 11.8 Å². The first-order valence-corrected chi connectivity index (χ1v) is 9.00. The van der Waals surface area contributed by atoms with E-state index < -0.39 is 0 Å². The third-order valence-electron chi connectivity index (χ3n) is 5.30. The molecule has 0 spiro atoms. The Morgan fingerprint density at radius 2 is 1.65 bits per heavy atom. The summed E-state index contributed by atoms with van der Waals surface area (Å²) in [4.78, 5) is 26.7. The van der Waals surface area contributed by atoms with Gasteiger partial charge < -0.3 is 19.7 Å². The zero-order chi connectivity index (χ0) is 16.1. The van der Waals surface area contributed by atoms with Gasteiger partial charge in [0.1, 0.15) is 0 Å². The molecule has 23 heavy (non-hydrogen) atoms. The Hall–Kier alpha value is -1.14. The number of nitrogens with one attached hydrogen (secondary N) is 1. The summed E-state index contributed by atoms with van der Waals surface area (Å²) in [5, 5.41) is 3.03. The molecule has 0 aromatic rings. The minimum atomic E-state index is 0.0603. The molecular weight excluding hydrogens is 296 g/mol. The van der Waals surface area contributed by atoms with Crippen molar-refractivity contribution in [2.75, 3.05) is 39.5 Å². The fraction of sp³-hybridized carbons (Fsp3) is 0.882. The minimum Gasteiger partial charge on any atom is -0.378 e. The first-order chi connectivity index (χ1) is 11.2. The molecule has 1 N–H and O–H groups in total. The molecule has 6 nitrogen and oxygen atoms in total. The number of carbonyl (C=O) groups is 2. The maximum absolute atomic E-state index is 12.5. The van der Waals surface area contributed by atoms with Crippen LogP contribution in [0.4, 0.5) is 0 Å². The van der Waals surface area contributed by atoms with Gasteiger partial charge in [-0.1, -0.05) is 0 Å². The van der Waals surface area contributed by atoms with Crippen LogP contribution in [0.2, 0.25) is 0 Å². The van der Waals surface area contributed by atoms with Crippen LogP contribution < -0.4 is 5.32 Å². The monoisotopic (exact) mass is 324 g/mol. The van der Waals surface area contributed by atoms with E-state index >= 15 is 0 Å². The molecule has 2 amide bonds. The van der Waals surface area contributed by atoms with Crippen molar-refractivity contribution in [3.8, 4) is 0 Å². The number of hydrogen-bond donors (Lipinski definition) is 1. The Labute approximate surface area is 137 Å². The minimum absolute atomic E-state index is 0.0603. The van der Waals surface area contributed by atoms with E-state index in [-0.39, 0.29) is 29.8 Å². The first-order valence-electron chi connectivity index (χ1n) is 9.00. The van der Waals surface area contributed by atoms with Gasteiger partial charge in [-0.2, -0.15) is 0 Å². The fourth-order valence-corrected chi connectivity index (χ4v) is 3.81. The highest BCUT2D eigenvalue weighted by molar-refractivity contribution is 5.81. The number of morpholine rings is 1. The average Bonchev–Trinajstić information content (AvgIpc) is 3.13. The van der Waals surface area contributed by atoms with Crippen LogP contribution in [-0.4, -0.2) is 62.3 Å². The van der Waals surface area contributed by atoms with E-state index in [2.05, 4.69) is 5.32 Å². The van der Waals surface area contributed by atoms with Crippen molar-refractivity contribution in [1.29, 1.82) is 0 Å². The standard InChI is InChI=1S/C17H28N2O4/c20-16(18-12-15-2-1-9-23-15)13-3-5-14(6-4-13)17(21)19-7-10-22-11-8-19/h13-15H,1-12H2,(H,18,20). The Kier molecular flexibility index (Phi) is 5.89. The van der Waals surface area contributed by atoms with Gasteiger partial charge in [-0.15, -0.1) is 0 Å². The predicted octanol–water partition coefficient (Wildman–Crippen LogP) is 0.947. The lowest BCUT2D eigenvalue weighted by Crippen LogP contribution is -2.45. The summed E-state index contributed by atoms with van der Waals surface area (Å²) in [5.74, 6) is 0.546. The normalized spacial score (nSPS) is 31.8. The molecule has 0 aromatic carbocycles. The Morgan fingerprint density at radius 3 is 2.30 bits per heavy atom. The smallest absolute Gasteiger partial charge is 0.225 e. The van der Waals surface area contributed by atoms with Gasteiger partial charge in [0.25, 0.3) is 0 Å². The van der Waals surface area contributed by atoms with Crippen molar-refractivity contribution in [3.05, 3.63) is 0 Å². The molecule has 3 fully saturated rings. The van der Waals surface area contributed by atoms with E-state index in [9.17, 15) is 9.59 Å². The summed E-state index contributed by atoms with van der Waals surface area (Å²) >= 11 is 0. The van der Waals surface area contributed by atoms with Crippen LogP contribution in [-0.2, 0) is 19.1 Å². The SMILES string of the molecule is O=C(NCC1CCCO1)C1CCC(C(=O)N2CCOCC2)CC1. The highest BCUT2D eigenvalue weighted by Crippen LogP contribution is 2.30. The second-order valence-electron chi connectivity index (χ2n) is 6.87. The third kappa shape index (κ3) is 4.44. The molecule has 1 atom stereocenters. The van der Waals surface area contributed by atoms with Crippen LogP contribution in [0, 0.1) is 11.8 Å². The van der Waals surface area contributed by atoms with Crippen molar-refractivity contribution < 1.29 is 19.1 Å². The molecule has 1 aliphatic carbocycles. The van der Waals surface area contributed by atoms with Gasteiger partial charge in [-0.25, -0.2) is 0 Å². The lowest BCUT2D eigenvalue weighted by atomic mass is 9.81. The van der Waals surface area contributed by atoms with E-state index in [0.717, 1.165) is 45.1 Å². The molecule has 0 radical (unpaired) electrons. The lowest BCUT2D eigenvalue weighted by Gasteiger charge is -2.33. The molecular formula is C17H28N2O4. The van der Waals surface area contributed by atoms with E-state index in [0.29, 0.717) is 32.8 Å². The van der Waals surface area contributed by atoms with Crippen LogP contribution in [0.25, 0.3) is 0 Å². The fourth-order valence-electron chi connectivity index (χ4n) is 3.81. The molecule has 2 aliphatic heterocycles. The van der Waals surface area contributed by atoms with Gasteiger partial charge >= 0.3 is 0 Å². The summed E-state index contributed by atoms with van der Waals surface area (Å²) in [5.41, 5.74) is 0. The molecule has 3 aliphatic rings. The molecule has 2 saturated heterocycles. The largest absolute Gasteiger partial charge is 0.378 e. The van der Waals surface area contributed by atoms with Crippen molar-refractivity contribution >= 4 is 11.8 Å². The van der Waals surface area contributed by atoms with Gasteiger partial charge in [-0.3, -0.25) is 9.59 Å². The number of carbonyl (C=O) groups excluding carboxylic acids is 2. The van der Waals surface area contributed by atoms with Crippen LogP contribution >= 0.6 is 0 Å². The highest BCUT2D eigenvalue weighted by atomic mass is 16.5. The Balaban J connectivity index is 1.38. The lowest BCUT2D eigenvalue weighted by molar-refractivity contribution is -0.142. The van der Waals surface area contributed by atoms with Crippen LogP contribution in [0.1, 0.15) is 38.5 Å². The van der Waals surface area contributed by atoms with Crippen molar-refractivity contribution in [1.82, 2.24) is 10.2 Å². The zero-order valence-electron chi connectivity index (χ0n) is 13.8. The third-order valence-corrected chi connectivity index (χ3v) is 5.30. The molecule has 2 heterocycles. The van der Waals surface area contributed by atoms with E-state index in [1.54, 1.807) is 0 Å². The number of rotatable bonds is 4. The number of amides is 2. The molecule has 130 valence electrons. The molecule has 1 unspecified atom stereocenters. The van der Waals surface area contributed by atoms with Gasteiger partial charge in [-0.05, 0) is 38.5 Å². The van der Waals surface area contributed by atoms with E-state index in [4.69, 9.17) is 9.47 Å². The van der Waals surface area contributed by atoms with Crippen LogP contribution in [0.3, 0.4) is 0 Å². The van der Waals surface area contributed by atoms with E-state index in [1.807, 2.05) is 4.90 Å². The highest BCUT2D eigenvalue weighted by Gasteiger charge is 2.32.